The van der Waals surface area contributed by atoms with Crippen LogP contribution in [0.2, 0.25) is 0 Å². The first kappa shape index (κ1) is 19.2. The lowest BCUT2D eigenvalue weighted by Gasteiger charge is -2.17. The van der Waals surface area contributed by atoms with E-state index in [1.54, 1.807) is 14.0 Å². The Morgan fingerprint density at radius 2 is 1.86 bits per heavy atom. The van der Waals surface area contributed by atoms with Gasteiger partial charge >= 0.3 is 12.0 Å². The van der Waals surface area contributed by atoms with E-state index in [1.807, 2.05) is 0 Å². The second-order valence-electron chi connectivity index (χ2n) is 4.54. The third-order valence-corrected chi connectivity index (χ3v) is 3.66. The molecule has 0 aliphatic rings. The van der Waals surface area contributed by atoms with E-state index in [1.165, 1.54) is 4.90 Å². The molecule has 0 aliphatic heterocycles. The fourth-order valence-corrected chi connectivity index (χ4v) is 1.93. The summed E-state index contributed by atoms with van der Waals surface area (Å²) in [5.41, 5.74) is 0. The lowest BCUT2D eigenvalue weighted by atomic mass is 10.2. The number of likely N-dealkylation sites (N-methyl/N-ethyl adjacent to an activating group) is 1. The highest BCUT2D eigenvalue weighted by molar-refractivity contribution is 7.90. The van der Waals surface area contributed by atoms with Gasteiger partial charge in [0.15, 0.2) is 0 Å². The Morgan fingerprint density at radius 3 is 2.29 bits per heavy atom. The summed E-state index contributed by atoms with van der Waals surface area (Å²) >= 11 is 0. The molecule has 0 aromatic rings. The number of rotatable bonds is 8. The standard InChI is InChI=1S/C11H21N3O6S/c1-4-14(2)9(15)7-12-11(18)13-8(10(16)17)5-6-21(3,19)20/h8H,4-7H2,1-3H3,(H,16,17)(H2,12,13,18). The molecule has 0 rings (SSSR count). The van der Waals surface area contributed by atoms with Gasteiger partial charge in [0, 0.05) is 19.8 Å². The number of aliphatic carboxylic acids is 1. The van der Waals surface area contributed by atoms with E-state index < -0.39 is 27.9 Å². The molecular formula is C11H21N3O6S. The molecule has 0 spiro atoms. The first-order valence-corrected chi connectivity index (χ1v) is 8.31. The van der Waals surface area contributed by atoms with Crippen LogP contribution in [-0.2, 0) is 19.4 Å². The summed E-state index contributed by atoms with van der Waals surface area (Å²) in [6.45, 7) is 1.98. The number of hydrogen-bond donors (Lipinski definition) is 3. The van der Waals surface area contributed by atoms with Crippen LogP contribution < -0.4 is 10.6 Å². The van der Waals surface area contributed by atoms with Gasteiger partial charge in [-0.25, -0.2) is 18.0 Å². The second-order valence-corrected chi connectivity index (χ2v) is 6.80. The molecule has 1 unspecified atom stereocenters. The van der Waals surface area contributed by atoms with Crippen molar-refractivity contribution in [3.05, 3.63) is 0 Å². The van der Waals surface area contributed by atoms with Gasteiger partial charge in [0.25, 0.3) is 0 Å². The molecule has 3 N–H and O–H groups in total. The monoisotopic (exact) mass is 323 g/mol. The van der Waals surface area contributed by atoms with Crippen LogP contribution in [0, 0.1) is 0 Å². The van der Waals surface area contributed by atoms with E-state index in [0.717, 1.165) is 6.26 Å². The third-order valence-electron chi connectivity index (χ3n) is 2.68. The van der Waals surface area contributed by atoms with E-state index in [0.29, 0.717) is 6.54 Å². The largest absolute Gasteiger partial charge is 0.480 e. The van der Waals surface area contributed by atoms with Gasteiger partial charge in [-0.15, -0.1) is 0 Å². The lowest BCUT2D eigenvalue weighted by molar-refractivity contribution is -0.139. The van der Waals surface area contributed by atoms with Crippen molar-refractivity contribution in [3.63, 3.8) is 0 Å². The van der Waals surface area contributed by atoms with E-state index in [-0.39, 0.29) is 24.6 Å². The summed E-state index contributed by atoms with van der Waals surface area (Å²) in [6, 6.07) is -2.17. The van der Waals surface area contributed by atoms with Crippen LogP contribution in [-0.4, -0.2) is 74.5 Å². The Kier molecular flexibility index (Phi) is 7.71. The Bertz CT molecular complexity index is 490. The fourth-order valence-electron chi connectivity index (χ4n) is 1.27. The molecule has 3 amide bonds. The van der Waals surface area contributed by atoms with Gasteiger partial charge in [-0.3, -0.25) is 4.79 Å². The number of sulfone groups is 1. The number of urea groups is 1. The predicted octanol–water partition coefficient (Wildman–Crippen LogP) is -1.35. The minimum Gasteiger partial charge on any atom is -0.480 e. The van der Waals surface area contributed by atoms with Gasteiger partial charge in [0.2, 0.25) is 5.91 Å². The number of hydrogen-bond acceptors (Lipinski definition) is 5. The Labute approximate surface area is 123 Å². The minimum absolute atomic E-state index is 0.246. The predicted molar refractivity (Wildman–Crippen MR) is 75.6 cm³/mol. The van der Waals surface area contributed by atoms with Gasteiger partial charge in [-0.1, -0.05) is 0 Å². The molecule has 0 bridgehead atoms. The zero-order valence-corrected chi connectivity index (χ0v) is 13.1. The normalized spacial score (nSPS) is 12.3. The summed E-state index contributed by atoms with van der Waals surface area (Å²) in [6.07, 6.45) is 0.732. The quantitative estimate of drug-likeness (QED) is 0.506. The number of carbonyl (C=O) groups excluding carboxylic acids is 2. The van der Waals surface area contributed by atoms with Crippen molar-refractivity contribution in [1.82, 2.24) is 15.5 Å². The molecular weight excluding hydrogens is 302 g/mol. The van der Waals surface area contributed by atoms with Crippen molar-refractivity contribution in [1.29, 1.82) is 0 Å². The highest BCUT2D eigenvalue weighted by Crippen LogP contribution is 1.97. The summed E-state index contributed by atoms with van der Waals surface area (Å²) in [4.78, 5) is 35.3. The maximum Gasteiger partial charge on any atom is 0.326 e. The molecule has 0 heterocycles. The first-order chi connectivity index (χ1) is 9.56. The Morgan fingerprint density at radius 1 is 1.29 bits per heavy atom. The van der Waals surface area contributed by atoms with Gasteiger partial charge in [0.1, 0.15) is 15.9 Å². The van der Waals surface area contributed by atoms with E-state index >= 15 is 0 Å². The van der Waals surface area contributed by atoms with Crippen LogP contribution in [0.25, 0.3) is 0 Å². The third kappa shape index (κ3) is 8.84. The molecule has 0 aliphatic carbocycles. The summed E-state index contributed by atoms with van der Waals surface area (Å²) in [7, 11) is -1.76. The molecule has 0 radical (unpaired) electrons. The highest BCUT2D eigenvalue weighted by Gasteiger charge is 2.22. The molecule has 9 nitrogen and oxygen atoms in total. The van der Waals surface area contributed by atoms with Crippen LogP contribution >= 0.6 is 0 Å². The SMILES string of the molecule is CCN(C)C(=O)CNC(=O)NC(CCS(C)(=O)=O)C(=O)O. The van der Waals surface area contributed by atoms with Crippen molar-refractivity contribution < 1.29 is 27.9 Å². The van der Waals surface area contributed by atoms with Crippen molar-refractivity contribution in [2.45, 2.75) is 19.4 Å². The molecule has 122 valence electrons. The maximum absolute atomic E-state index is 11.5. The van der Waals surface area contributed by atoms with Gasteiger partial charge < -0.3 is 20.6 Å². The van der Waals surface area contributed by atoms with E-state index in [2.05, 4.69) is 10.6 Å². The maximum atomic E-state index is 11.5. The average Bonchev–Trinajstić information content (AvgIpc) is 2.38. The number of carboxylic acids is 1. The number of carboxylic acid groups (broad SMARTS) is 1. The van der Waals surface area contributed by atoms with E-state index in [4.69, 9.17) is 5.11 Å². The minimum atomic E-state index is -3.32. The van der Waals surface area contributed by atoms with Crippen LogP contribution in [0.4, 0.5) is 4.79 Å². The second kappa shape index (κ2) is 8.45. The van der Waals surface area contributed by atoms with Crippen molar-refractivity contribution in [2.24, 2.45) is 0 Å². The molecule has 0 fully saturated rings. The topological polar surface area (TPSA) is 133 Å². The van der Waals surface area contributed by atoms with Crippen molar-refractivity contribution in [3.8, 4) is 0 Å². The highest BCUT2D eigenvalue weighted by atomic mass is 32.2. The lowest BCUT2D eigenvalue weighted by Crippen LogP contribution is -2.49. The average molecular weight is 323 g/mol. The summed E-state index contributed by atoms with van der Waals surface area (Å²) < 4.78 is 22.0. The molecule has 10 heteroatoms. The zero-order chi connectivity index (χ0) is 16.6. The fraction of sp³-hybridized carbons (Fsp3) is 0.727. The van der Waals surface area contributed by atoms with Crippen molar-refractivity contribution in [2.75, 3.05) is 32.1 Å². The molecule has 0 saturated carbocycles. The van der Waals surface area contributed by atoms with Gasteiger partial charge in [-0.2, -0.15) is 0 Å². The van der Waals surface area contributed by atoms with Gasteiger partial charge in [-0.05, 0) is 13.3 Å². The van der Waals surface area contributed by atoms with E-state index in [9.17, 15) is 22.8 Å². The number of amides is 3. The zero-order valence-electron chi connectivity index (χ0n) is 12.2. The summed E-state index contributed by atoms with van der Waals surface area (Å²) in [5, 5.41) is 13.3. The molecule has 0 saturated heterocycles. The Balaban J connectivity index is 4.36. The smallest absolute Gasteiger partial charge is 0.326 e. The van der Waals surface area contributed by atoms with Crippen LogP contribution in [0.1, 0.15) is 13.3 Å². The van der Waals surface area contributed by atoms with Crippen LogP contribution in [0.15, 0.2) is 0 Å². The molecule has 1 atom stereocenters. The van der Waals surface area contributed by atoms with Gasteiger partial charge in [0.05, 0.1) is 12.3 Å². The Hall–Kier alpha value is -1.84. The van der Waals surface area contributed by atoms with Crippen LogP contribution in [0.3, 0.4) is 0 Å². The number of nitrogens with zero attached hydrogens (tertiary/aromatic N) is 1. The number of nitrogens with one attached hydrogen (secondary N) is 2. The molecule has 0 aromatic heterocycles. The summed E-state index contributed by atoms with van der Waals surface area (Å²) in [5.74, 6) is -2.02. The first-order valence-electron chi connectivity index (χ1n) is 6.25. The van der Waals surface area contributed by atoms with Crippen LogP contribution in [0.5, 0.6) is 0 Å². The van der Waals surface area contributed by atoms with Crippen molar-refractivity contribution >= 4 is 27.7 Å². The molecule has 21 heavy (non-hydrogen) atoms. The molecule has 0 aromatic carbocycles. The number of carbonyl (C=O) groups is 3.